The largest absolute Gasteiger partial charge is 0.462 e. The Kier molecular flexibility index (Phi) is 33.5. The number of unbranched alkanes of at least 4 members (excludes halogenated alkanes) is 21. The van der Waals surface area contributed by atoms with Crippen molar-refractivity contribution < 1.29 is 28.6 Å². The molecule has 0 aliphatic carbocycles. The minimum atomic E-state index is -0.755. The minimum Gasteiger partial charge on any atom is -0.462 e. The molecule has 0 N–H and O–H groups in total. The molecule has 46 heavy (non-hydrogen) atoms. The van der Waals surface area contributed by atoms with Crippen molar-refractivity contribution in [1.82, 2.24) is 0 Å². The summed E-state index contributed by atoms with van der Waals surface area (Å²) in [6.07, 6.45) is 31.1. The maximum Gasteiger partial charge on any atom is 0.306 e. The van der Waals surface area contributed by atoms with Crippen LogP contribution in [-0.4, -0.2) is 37.2 Å². The molecule has 6 heteroatoms. The van der Waals surface area contributed by atoms with Gasteiger partial charge in [0.1, 0.15) is 13.2 Å². The van der Waals surface area contributed by atoms with Crippen molar-refractivity contribution in [3.63, 3.8) is 0 Å². The van der Waals surface area contributed by atoms with Crippen LogP contribution < -0.4 is 0 Å². The fraction of sp³-hybridized carbons (Fsp3) is 0.925. The monoisotopic (exact) mass is 653 g/mol. The van der Waals surface area contributed by atoms with Crippen LogP contribution in [0.1, 0.15) is 214 Å². The fourth-order valence-electron chi connectivity index (χ4n) is 5.71. The summed E-state index contributed by atoms with van der Waals surface area (Å²) in [5.74, 6) is -0.00962. The predicted octanol–water partition coefficient (Wildman–Crippen LogP) is 12.0. The van der Waals surface area contributed by atoms with Gasteiger partial charge in [-0.1, -0.05) is 175 Å². The first-order chi connectivity index (χ1) is 22.4. The number of ether oxygens (including phenoxy) is 3. The van der Waals surface area contributed by atoms with Gasteiger partial charge in [0.05, 0.1) is 0 Å². The van der Waals surface area contributed by atoms with Gasteiger partial charge < -0.3 is 14.2 Å². The zero-order chi connectivity index (χ0) is 33.9. The summed E-state index contributed by atoms with van der Waals surface area (Å²) >= 11 is 0. The van der Waals surface area contributed by atoms with E-state index < -0.39 is 6.10 Å². The van der Waals surface area contributed by atoms with E-state index in [4.69, 9.17) is 14.2 Å². The third-order valence-corrected chi connectivity index (χ3v) is 9.15. The highest BCUT2D eigenvalue weighted by molar-refractivity contribution is 5.71. The lowest BCUT2D eigenvalue weighted by atomic mass is 9.99. The molecule has 0 spiro atoms. The van der Waals surface area contributed by atoms with Gasteiger partial charge in [0.2, 0.25) is 0 Å². The molecular weight excluding hydrogens is 576 g/mol. The Bertz CT molecular complexity index is 693. The Hall–Kier alpha value is -1.59. The van der Waals surface area contributed by atoms with Crippen LogP contribution >= 0.6 is 0 Å². The van der Waals surface area contributed by atoms with Gasteiger partial charge in [-0.2, -0.15) is 0 Å². The Morgan fingerprint density at radius 1 is 0.435 bits per heavy atom. The van der Waals surface area contributed by atoms with Gasteiger partial charge in [-0.05, 0) is 25.2 Å². The number of rotatable bonds is 35. The second-order valence-electron chi connectivity index (χ2n) is 13.8. The molecule has 0 aliphatic rings. The van der Waals surface area contributed by atoms with Gasteiger partial charge in [0, 0.05) is 19.3 Å². The summed E-state index contributed by atoms with van der Waals surface area (Å²) in [6, 6.07) is 0. The highest BCUT2D eigenvalue weighted by atomic mass is 16.6. The molecule has 0 saturated carbocycles. The average molecular weight is 653 g/mol. The van der Waals surface area contributed by atoms with E-state index in [1.54, 1.807) is 0 Å². The summed E-state index contributed by atoms with van der Waals surface area (Å²) < 4.78 is 16.5. The summed E-state index contributed by atoms with van der Waals surface area (Å²) in [6.45, 7) is 8.89. The van der Waals surface area contributed by atoms with Crippen LogP contribution in [-0.2, 0) is 28.6 Å². The smallest absolute Gasteiger partial charge is 0.306 e. The quantitative estimate of drug-likeness (QED) is 0.0385. The van der Waals surface area contributed by atoms with E-state index in [0.29, 0.717) is 19.3 Å². The number of hydrogen-bond donors (Lipinski definition) is 0. The molecule has 6 nitrogen and oxygen atoms in total. The molecule has 0 aromatic carbocycles. The molecule has 0 aliphatic heterocycles. The van der Waals surface area contributed by atoms with Crippen molar-refractivity contribution in [2.24, 2.45) is 5.92 Å². The standard InChI is InChI=1S/C40H76O6/c1-5-8-10-12-13-16-21-25-29-33-40(43)46-37(34-44-38(41)31-27-22-11-9-6-2)35-45-39(42)32-28-24-20-18-15-14-17-19-23-26-30-36(4)7-3/h36-37H,5-35H2,1-4H3/t36?,37-/m0/s1. The average Bonchev–Trinajstić information content (AvgIpc) is 3.05. The van der Waals surface area contributed by atoms with Crippen molar-refractivity contribution in [3.05, 3.63) is 0 Å². The van der Waals surface area contributed by atoms with Crippen LogP contribution in [0.15, 0.2) is 0 Å². The first-order valence-corrected chi connectivity index (χ1v) is 19.9. The Morgan fingerprint density at radius 3 is 1.13 bits per heavy atom. The Labute approximate surface area is 285 Å². The van der Waals surface area contributed by atoms with Crippen LogP contribution in [0, 0.1) is 5.92 Å². The van der Waals surface area contributed by atoms with Crippen molar-refractivity contribution in [1.29, 1.82) is 0 Å². The van der Waals surface area contributed by atoms with Gasteiger partial charge in [0.15, 0.2) is 6.10 Å². The number of hydrogen-bond acceptors (Lipinski definition) is 6. The lowest BCUT2D eigenvalue weighted by molar-refractivity contribution is -0.167. The molecule has 0 aromatic heterocycles. The van der Waals surface area contributed by atoms with Gasteiger partial charge in [-0.3, -0.25) is 14.4 Å². The van der Waals surface area contributed by atoms with Gasteiger partial charge in [-0.15, -0.1) is 0 Å². The van der Waals surface area contributed by atoms with E-state index in [1.165, 1.54) is 103 Å². The van der Waals surface area contributed by atoms with Gasteiger partial charge >= 0.3 is 17.9 Å². The molecule has 0 radical (unpaired) electrons. The third-order valence-electron chi connectivity index (χ3n) is 9.15. The van der Waals surface area contributed by atoms with Crippen molar-refractivity contribution in [2.45, 2.75) is 220 Å². The van der Waals surface area contributed by atoms with E-state index in [9.17, 15) is 14.4 Å². The first-order valence-electron chi connectivity index (χ1n) is 19.9. The van der Waals surface area contributed by atoms with Crippen LogP contribution in [0.5, 0.6) is 0 Å². The molecule has 0 fully saturated rings. The molecular formula is C40H76O6. The maximum absolute atomic E-state index is 12.5. The zero-order valence-corrected chi connectivity index (χ0v) is 31.0. The van der Waals surface area contributed by atoms with Crippen LogP contribution in [0.4, 0.5) is 0 Å². The molecule has 2 atom stereocenters. The molecule has 0 aromatic rings. The van der Waals surface area contributed by atoms with E-state index >= 15 is 0 Å². The number of esters is 3. The first kappa shape index (κ1) is 44.4. The highest BCUT2D eigenvalue weighted by Crippen LogP contribution is 2.16. The summed E-state index contributed by atoms with van der Waals surface area (Å²) in [5, 5.41) is 0. The topological polar surface area (TPSA) is 78.9 Å². The summed E-state index contributed by atoms with van der Waals surface area (Å²) in [5.41, 5.74) is 0. The maximum atomic E-state index is 12.5. The van der Waals surface area contributed by atoms with Crippen LogP contribution in [0.2, 0.25) is 0 Å². The molecule has 272 valence electrons. The van der Waals surface area contributed by atoms with Crippen molar-refractivity contribution in [3.8, 4) is 0 Å². The zero-order valence-electron chi connectivity index (χ0n) is 31.0. The summed E-state index contributed by atoms with van der Waals surface area (Å²) in [7, 11) is 0. The van der Waals surface area contributed by atoms with Gasteiger partial charge in [0.25, 0.3) is 0 Å². The highest BCUT2D eigenvalue weighted by Gasteiger charge is 2.19. The number of carbonyl (C=O) groups excluding carboxylic acids is 3. The predicted molar refractivity (Wildman–Crippen MR) is 192 cm³/mol. The van der Waals surface area contributed by atoms with Crippen molar-refractivity contribution in [2.75, 3.05) is 13.2 Å². The van der Waals surface area contributed by atoms with Crippen LogP contribution in [0.25, 0.3) is 0 Å². The second-order valence-corrected chi connectivity index (χ2v) is 13.8. The van der Waals surface area contributed by atoms with Crippen LogP contribution in [0.3, 0.4) is 0 Å². The Morgan fingerprint density at radius 2 is 0.761 bits per heavy atom. The lowest BCUT2D eigenvalue weighted by Crippen LogP contribution is -2.30. The fourth-order valence-corrected chi connectivity index (χ4v) is 5.71. The summed E-state index contributed by atoms with van der Waals surface area (Å²) in [4.78, 5) is 37.2. The SMILES string of the molecule is CCCCCCCCCCCC(=O)O[C@@H](COC(=O)CCCCCCC)COC(=O)CCCCCCCCCCCCC(C)CC. The van der Waals surface area contributed by atoms with Gasteiger partial charge in [-0.25, -0.2) is 0 Å². The Balaban J connectivity index is 4.23. The molecule has 0 amide bonds. The number of carbonyl (C=O) groups is 3. The normalized spacial score (nSPS) is 12.5. The molecule has 0 bridgehead atoms. The third kappa shape index (κ3) is 32.4. The van der Waals surface area contributed by atoms with E-state index in [2.05, 4.69) is 27.7 Å². The minimum absolute atomic E-state index is 0.0660. The van der Waals surface area contributed by atoms with E-state index in [1.807, 2.05) is 0 Å². The second kappa shape index (κ2) is 34.7. The molecule has 0 rings (SSSR count). The molecule has 0 heterocycles. The van der Waals surface area contributed by atoms with E-state index in [0.717, 1.165) is 70.1 Å². The van der Waals surface area contributed by atoms with Crippen molar-refractivity contribution >= 4 is 17.9 Å². The molecule has 1 unspecified atom stereocenters. The molecule has 0 saturated heterocycles. The lowest BCUT2D eigenvalue weighted by Gasteiger charge is -2.18. The van der Waals surface area contributed by atoms with E-state index in [-0.39, 0.29) is 31.1 Å².